The molecule has 0 spiro atoms. The van der Waals surface area contributed by atoms with E-state index in [1.807, 2.05) is 0 Å². The highest BCUT2D eigenvalue weighted by atomic mass is 19.4. The molecule has 3 nitrogen and oxygen atoms in total. The number of piperidine rings is 1. The maximum atomic E-state index is 12.7. The van der Waals surface area contributed by atoms with Crippen LogP contribution >= 0.6 is 0 Å². The zero-order chi connectivity index (χ0) is 17.8. The van der Waals surface area contributed by atoms with Gasteiger partial charge in [0.2, 0.25) is 5.91 Å². The number of hydrogen-bond donors (Lipinski definition) is 2. The quantitative estimate of drug-likeness (QED) is 0.861. The molecule has 0 aliphatic carbocycles. The molecule has 1 heterocycles. The monoisotopic (exact) mass is 342 g/mol. The summed E-state index contributed by atoms with van der Waals surface area (Å²) in [5, 5.41) is 6.26. The van der Waals surface area contributed by atoms with Gasteiger partial charge in [-0.2, -0.15) is 13.2 Å². The number of carbonyl (C=O) groups excluding carboxylic acids is 1. The first kappa shape index (κ1) is 18.8. The summed E-state index contributed by atoms with van der Waals surface area (Å²) in [6, 6.07) is 5.19. The van der Waals surface area contributed by atoms with Crippen molar-refractivity contribution in [3.63, 3.8) is 0 Å². The van der Waals surface area contributed by atoms with Crippen LogP contribution in [0.2, 0.25) is 0 Å². The minimum atomic E-state index is -4.36. The minimum absolute atomic E-state index is 0.0941. The van der Waals surface area contributed by atoms with Gasteiger partial charge in [0.1, 0.15) is 0 Å². The Bertz CT molecular complexity index is 566. The molecule has 2 rings (SSSR count). The van der Waals surface area contributed by atoms with Gasteiger partial charge in [0.15, 0.2) is 0 Å². The van der Waals surface area contributed by atoms with Crippen molar-refractivity contribution < 1.29 is 18.0 Å². The predicted molar refractivity (Wildman–Crippen MR) is 87.5 cm³/mol. The van der Waals surface area contributed by atoms with Crippen molar-refractivity contribution in [2.75, 3.05) is 19.6 Å². The molecule has 1 atom stereocenters. The van der Waals surface area contributed by atoms with Crippen LogP contribution in [-0.4, -0.2) is 25.5 Å². The Balaban J connectivity index is 1.89. The van der Waals surface area contributed by atoms with Crippen molar-refractivity contribution in [1.29, 1.82) is 0 Å². The highest BCUT2D eigenvalue weighted by Crippen LogP contribution is 2.30. The molecule has 1 fully saturated rings. The number of amides is 1. The fourth-order valence-electron chi connectivity index (χ4n) is 3.00. The smallest absolute Gasteiger partial charge is 0.355 e. The van der Waals surface area contributed by atoms with Crippen molar-refractivity contribution in [3.05, 3.63) is 35.4 Å². The second-order valence-corrected chi connectivity index (χ2v) is 7.08. The summed E-state index contributed by atoms with van der Waals surface area (Å²) in [5.74, 6) is -0.467. The number of rotatable bonds is 5. The second kappa shape index (κ2) is 7.55. The lowest BCUT2D eigenvalue weighted by molar-refractivity contribution is -0.137. The van der Waals surface area contributed by atoms with Crippen molar-refractivity contribution in [2.24, 2.45) is 11.3 Å². The van der Waals surface area contributed by atoms with Crippen LogP contribution in [0.3, 0.4) is 0 Å². The summed E-state index contributed by atoms with van der Waals surface area (Å²) in [5.41, 5.74) is -0.0491. The predicted octanol–water partition coefficient (Wildman–Crippen LogP) is 3.39. The molecule has 1 aliphatic heterocycles. The van der Waals surface area contributed by atoms with E-state index in [9.17, 15) is 18.0 Å². The van der Waals surface area contributed by atoms with E-state index in [2.05, 4.69) is 17.6 Å². The van der Waals surface area contributed by atoms with Gasteiger partial charge < -0.3 is 10.6 Å². The molecule has 1 amide bonds. The average molecular weight is 342 g/mol. The van der Waals surface area contributed by atoms with Gasteiger partial charge in [0.25, 0.3) is 0 Å². The van der Waals surface area contributed by atoms with Gasteiger partial charge in [-0.3, -0.25) is 4.79 Å². The summed E-state index contributed by atoms with van der Waals surface area (Å²) < 4.78 is 38.2. The van der Waals surface area contributed by atoms with Gasteiger partial charge in [0.05, 0.1) is 5.56 Å². The maximum absolute atomic E-state index is 12.7. The van der Waals surface area contributed by atoms with Crippen LogP contribution in [0.5, 0.6) is 0 Å². The van der Waals surface area contributed by atoms with Crippen LogP contribution in [-0.2, 0) is 17.4 Å². The molecule has 1 aromatic carbocycles. The van der Waals surface area contributed by atoms with Crippen LogP contribution in [0.1, 0.15) is 37.8 Å². The Labute approximate surface area is 141 Å². The van der Waals surface area contributed by atoms with Crippen LogP contribution in [0.4, 0.5) is 13.2 Å². The molecule has 24 heavy (non-hydrogen) atoms. The minimum Gasteiger partial charge on any atom is -0.355 e. The molecule has 1 saturated heterocycles. The van der Waals surface area contributed by atoms with Crippen LogP contribution < -0.4 is 10.6 Å². The second-order valence-electron chi connectivity index (χ2n) is 7.08. The van der Waals surface area contributed by atoms with Crippen molar-refractivity contribution in [2.45, 2.75) is 39.3 Å². The van der Waals surface area contributed by atoms with Gasteiger partial charge in [-0.15, -0.1) is 0 Å². The van der Waals surface area contributed by atoms with E-state index in [1.165, 1.54) is 6.07 Å². The van der Waals surface area contributed by atoms with Gasteiger partial charge >= 0.3 is 6.18 Å². The number of carbonyl (C=O) groups is 1. The standard InChI is InChI=1S/C18H25F3N2O/c1-13(10-14-4-3-5-15(11-14)18(19,20)21)16(24)23-12-17(2)6-8-22-9-7-17/h3-5,11,13,22H,6-10,12H2,1-2H3,(H,23,24). The Morgan fingerprint density at radius 1 is 1.33 bits per heavy atom. The van der Waals surface area contributed by atoms with Gasteiger partial charge in [0, 0.05) is 12.5 Å². The topological polar surface area (TPSA) is 41.1 Å². The SMILES string of the molecule is CC(Cc1cccc(C(F)(F)F)c1)C(=O)NCC1(C)CCNCC1. The summed E-state index contributed by atoms with van der Waals surface area (Å²) in [7, 11) is 0. The average Bonchev–Trinajstić information content (AvgIpc) is 2.53. The largest absolute Gasteiger partial charge is 0.416 e. The number of benzene rings is 1. The molecule has 0 bridgehead atoms. The molecule has 1 aliphatic rings. The number of alkyl halides is 3. The number of nitrogens with one attached hydrogen (secondary N) is 2. The van der Waals surface area contributed by atoms with Crippen LogP contribution in [0.15, 0.2) is 24.3 Å². The van der Waals surface area contributed by atoms with Crippen molar-refractivity contribution in [1.82, 2.24) is 10.6 Å². The Morgan fingerprint density at radius 2 is 2.00 bits per heavy atom. The van der Waals surface area contributed by atoms with E-state index in [0.29, 0.717) is 18.5 Å². The first-order chi connectivity index (χ1) is 11.2. The van der Waals surface area contributed by atoms with E-state index >= 15 is 0 Å². The lowest BCUT2D eigenvalue weighted by Crippen LogP contribution is -2.44. The van der Waals surface area contributed by atoms with Gasteiger partial charge in [-0.05, 0) is 49.4 Å². The zero-order valence-electron chi connectivity index (χ0n) is 14.2. The highest BCUT2D eigenvalue weighted by molar-refractivity contribution is 5.78. The van der Waals surface area contributed by atoms with E-state index < -0.39 is 11.7 Å². The lowest BCUT2D eigenvalue weighted by Gasteiger charge is -2.34. The third-order valence-corrected chi connectivity index (χ3v) is 4.74. The molecule has 1 unspecified atom stereocenters. The van der Waals surface area contributed by atoms with Crippen molar-refractivity contribution >= 4 is 5.91 Å². The molecule has 1 aromatic rings. The van der Waals surface area contributed by atoms with E-state index in [1.54, 1.807) is 13.0 Å². The normalized spacial score (nSPS) is 18.9. The first-order valence-electron chi connectivity index (χ1n) is 8.34. The molecule has 2 N–H and O–H groups in total. The van der Waals surface area contributed by atoms with Crippen LogP contribution in [0, 0.1) is 11.3 Å². The molecule has 0 saturated carbocycles. The third kappa shape index (κ3) is 5.23. The summed E-state index contributed by atoms with van der Waals surface area (Å²) >= 11 is 0. The Morgan fingerprint density at radius 3 is 2.62 bits per heavy atom. The van der Waals surface area contributed by atoms with E-state index in [4.69, 9.17) is 0 Å². The zero-order valence-corrected chi connectivity index (χ0v) is 14.2. The molecule has 134 valence electrons. The lowest BCUT2D eigenvalue weighted by atomic mass is 9.81. The maximum Gasteiger partial charge on any atom is 0.416 e. The summed E-state index contributed by atoms with van der Waals surface area (Å²) in [6.45, 7) is 6.42. The number of hydrogen-bond acceptors (Lipinski definition) is 2. The van der Waals surface area contributed by atoms with E-state index in [0.717, 1.165) is 38.1 Å². The highest BCUT2D eigenvalue weighted by Gasteiger charge is 2.31. The summed E-state index contributed by atoms with van der Waals surface area (Å²) in [6.07, 6.45) is -2.04. The Kier molecular flexibility index (Phi) is 5.91. The molecular weight excluding hydrogens is 317 g/mol. The van der Waals surface area contributed by atoms with Gasteiger partial charge in [-0.1, -0.05) is 32.0 Å². The molecular formula is C18H25F3N2O. The van der Waals surface area contributed by atoms with Crippen LogP contribution in [0.25, 0.3) is 0 Å². The molecule has 0 radical (unpaired) electrons. The molecule has 6 heteroatoms. The van der Waals surface area contributed by atoms with Crippen molar-refractivity contribution in [3.8, 4) is 0 Å². The number of halogens is 3. The fourth-order valence-corrected chi connectivity index (χ4v) is 3.00. The first-order valence-corrected chi connectivity index (χ1v) is 8.34. The third-order valence-electron chi connectivity index (χ3n) is 4.74. The Hall–Kier alpha value is -1.56. The summed E-state index contributed by atoms with van der Waals surface area (Å²) in [4.78, 5) is 12.3. The molecule has 0 aromatic heterocycles. The van der Waals surface area contributed by atoms with Gasteiger partial charge in [-0.25, -0.2) is 0 Å². The fraction of sp³-hybridized carbons (Fsp3) is 0.611. The van der Waals surface area contributed by atoms with E-state index in [-0.39, 0.29) is 17.2 Å².